The normalized spacial score (nSPS) is 17.6. The molecule has 2 aromatic heterocycles. The Morgan fingerprint density at radius 1 is 1.10 bits per heavy atom. The third-order valence-electron chi connectivity index (χ3n) is 5.32. The van der Waals surface area contributed by atoms with Gasteiger partial charge in [0, 0.05) is 26.1 Å². The second-order valence-electron chi connectivity index (χ2n) is 11.3. The molecule has 222 valence electrons. The van der Waals surface area contributed by atoms with Crippen molar-refractivity contribution in [1.29, 1.82) is 0 Å². The average molecular weight is 651 g/mol. The van der Waals surface area contributed by atoms with Crippen molar-refractivity contribution in [2.24, 2.45) is 7.05 Å². The van der Waals surface area contributed by atoms with Gasteiger partial charge in [-0.15, -0.1) is 0 Å². The Balaban J connectivity index is 1.77. The molecular formula is C24H34BrF2N7O5S. The number of carbonyl (C=O) groups excluding carboxylic acids is 3. The first-order valence-corrected chi connectivity index (χ1v) is 14.0. The Bertz CT molecular complexity index is 1260. The van der Waals surface area contributed by atoms with E-state index in [0.29, 0.717) is 3.92 Å². The van der Waals surface area contributed by atoms with E-state index in [0.717, 1.165) is 11.3 Å². The number of nitrogens with zero attached hydrogens (tertiary/aromatic N) is 4. The number of ether oxygens (including phenoxy) is 2. The number of nitrogens with one attached hydrogen (secondary N) is 3. The van der Waals surface area contributed by atoms with Crippen LogP contribution in [0.5, 0.6) is 0 Å². The zero-order valence-electron chi connectivity index (χ0n) is 23.4. The number of alkyl halides is 2. The standard InChI is InChI=1S/C24H34BrF2N7O5S/c1-22(2,3)38-20(36)29-13-8-9-34(12-24(26,27)10-13)18-14(11-28-33(18)7)30-16(35)15-17(40-19(25)31-15)32-21(37)39-23(4,5)6/h11,13H,8-10,12H2,1-7H3,(H,29,36)(H,30,35)(H,32,37). The van der Waals surface area contributed by atoms with Crippen molar-refractivity contribution in [3.63, 3.8) is 0 Å². The summed E-state index contributed by atoms with van der Waals surface area (Å²) < 4.78 is 42.2. The van der Waals surface area contributed by atoms with Gasteiger partial charge in [0.2, 0.25) is 0 Å². The maximum Gasteiger partial charge on any atom is 0.412 e. The summed E-state index contributed by atoms with van der Waals surface area (Å²) in [5.41, 5.74) is -1.44. The summed E-state index contributed by atoms with van der Waals surface area (Å²) in [6.07, 6.45) is -0.554. The quantitative estimate of drug-likeness (QED) is 0.393. The van der Waals surface area contributed by atoms with E-state index >= 15 is 8.78 Å². The molecule has 1 aliphatic heterocycles. The molecule has 1 unspecified atom stereocenters. The van der Waals surface area contributed by atoms with Gasteiger partial charge in [-0.05, 0) is 63.9 Å². The minimum Gasteiger partial charge on any atom is -0.444 e. The largest absolute Gasteiger partial charge is 0.444 e. The summed E-state index contributed by atoms with van der Waals surface area (Å²) in [5.74, 6) is -3.60. The van der Waals surface area contributed by atoms with Crippen LogP contribution < -0.4 is 20.9 Å². The van der Waals surface area contributed by atoms with Gasteiger partial charge < -0.3 is 25.0 Å². The third kappa shape index (κ3) is 9.01. The summed E-state index contributed by atoms with van der Waals surface area (Å²) >= 11 is 4.23. The van der Waals surface area contributed by atoms with Gasteiger partial charge in [0.25, 0.3) is 11.8 Å². The molecule has 2 aromatic rings. The highest BCUT2D eigenvalue weighted by Crippen LogP contribution is 2.35. The van der Waals surface area contributed by atoms with Gasteiger partial charge in [0.05, 0.1) is 12.7 Å². The third-order valence-corrected chi connectivity index (χ3v) is 6.74. The molecule has 3 rings (SSSR count). The summed E-state index contributed by atoms with van der Waals surface area (Å²) in [7, 11) is 1.57. The van der Waals surface area contributed by atoms with Crippen LogP contribution in [0, 0.1) is 0 Å². The van der Waals surface area contributed by atoms with E-state index in [1.807, 2.05) is 0 Å². The van der Waals surface area contributed by atoms with E-state index in [4.69, 9.17) is 9.47 Å². The van der Waals surface area contributed by atoms with Crippen LogP contribution in [0.4, 0.5) is 34.9 Å². The van der Waals surface area contributed by atoms with E-state index in [2.05, 4.69) is 42.0 Å². The topological polar surface area (TPSA) is 140 Å². The fourth-order valence-corrected chi connectivity index (χ4v) is 5.32. The number of aromatic nitrogens is 3. The molecule has 0 aromatic carbocycles. The van der Waals surface area contributed by atoms with E-state index in [9.17, 15) is 14.4 Å². The van der Waals surface area contributed by atoms with Crippen molar-refractivity contribution in [1.82, 2.24) is 20.1 Å². The highest BCUT2D eigenvalue weighted by Gasteiger charge is 2.40. The number of carbonyl (C=O) groups is 3. The molecule has 1 fully saturated rings. The fourth-order valence-electron chi connectivity index (χ4n) is 3.98. The van der Waals surface area contributed by atoms with E-state index < -0.39 is 54.2 Å². The SMILES string of the molecule is Cn1ncc(NC(=O)c2nc(Br)sc2NC(=O)OC(C)(C)C)c1N1CCC(NC(=O)OC(C)(C)C)CC(F)(F)C1. The predicted molar refractivity (Wildman–Crippen MR) is 150 cm³/mol. The molecule has 0 saturated carbocycles. The molecule has 0 bridgehead atoms. The summed E-state index contributed by atoms with van der Waals surface area (Å²) in [6.45, 7) is 9.67. The van der Waals surface area contributed by atoms with Crippen molar-refractivity contribution in [2.45, 2.75) is 77.6 Å². The van der Waals surface area contributed by atoms with Crippen molar-refractivity contribution in [3.8, 4) is 0 Å². The summed E-state index contributed by atoms with van der Waals surface area (Å²) in [6, 6.07) is -0.824. The summed E-state index contributed by atoms with van der Waals surface area (Å²) in [4.78, 5) is 43.2. The first-order valence-electron chi connectivity index (χ1n) is 12.4. The molecule has 40 heavy (non-hydrogen) atoms. The monoisotopic (exact) mass is 649 g/mol. The average Bonchev–Trinajstić information content (AvgIpc) is 3.24. The fraction of sp³-hybridized carbons (Fsp3) is 0.625. The maximum atomic E-state index is 15.0. The smallest absolute Gasteiger partial charge is 0.412 e. The maximum absolute atomic E-state index is 15.0. The van der Waals surface area contributed by atoms with Crippen LogP contribution in [-0.4, -0.2) is 69.1 Å². The van der Waals surface area contributed by atoms with E-state index in [1.165, 1.54) is 15.8 Å². The molecular weight excluding hydrogens is 616 g/mol. The zero-order chi connectivity index (χ0) is 30.0. The Morgan fingerprint density at radius 3 is 2.35 bits per heavy atom. The van der Waals surface area contributed by atoms with Gasteiger partial charge >= 0.3 is 12.2 Å². The van der Waals surface area contributed by atoms with Gasteiger partial charge in [-0.1, -0.05) is 11.3 Å². The van der Waals surface area contributed by atoms with E-state index in [1.54, 1.807) is 48.6 Å². The molecule has 12 nitrogen and oxygen atoms in total. The number of amides is 3. The van der Waals surface area contributed by atoms with Gasteiger partial charge in [-0.25, -0.2) is 23.4 Å². The lowest BCUT2D eigenvalue weighted by atomic mass is 10.1. The molecule has 1 atom stereocenters. The molecule has 16 heteroatoms. The first kappa shape index (κ1) is 31.5. The number of thiazole rings is 1. The number of anilines is 3. The number of halogens is 3. The predicted octanol–water partition coefficient (Wildman–Crippen LogP) is 5.37. The number of rotatable bonds is 5. The Labute approximate surface area is 243 Å². The van der Waals surface area contributed by atoms with Crippen molar-refractivity contribution in [2.75, 3.05) is 28.6 Å². The van der Waals surface area contributed by atoms with Gasteiger partial charge in [0.15, 0.2) is 15.4 Å². The molecule has 1 aliphatic rings. The Hall–Kier alpha value is -3.01. The van der Waals surface area contributed by atoms with Crippen molar-refractivity contribution >= 4 is 61.9 Å². The molecule has 3 N–H and O–H groups in total. The minimum atomic E-state index is -3.16. The molecule has 1 saturated heterocycles. The van der Waals surface area contributed by atoms with Crippen LogP contribution in [0.1, 0.15) is 64.9 Å². The van der Waals surface area contributed by atoms with Crippen molar-refractivity contribution < 1.29 is 32.6 Å². The minimum absolute atomic E-state index is 0.0969. The van der Waals surface area contributed by atoms with Gasteiger partial charge in [0.1, 0.15) is 21.9 Å². The Kier molecular flexibility index (Phi) is 9.33. The van der Waals surface area contributed by atoms with Crippen molar-refractivity contribution in [3.05, 3.63) is 15.8 Å². The highest BCUT2D eigenvalue weighted by atomic mass is 79.9. The van der Waals surface area contributed by atoms with Crippen LogP contribution >= 0.6 is 27.3 Å². The Morgan fingerprint density at radius 2 is 1.73 bits per heavy atom. The molecule has 0 radical (unpaired) electrons. The lowest BCUT2D eigenvalue weighted by Gasteiger charge is -2.26. The second-order valence-corrected chi connectivity index (χ2v) is 13.6. The summed E-state index contributed by atoms with van der Waals surface area (Å²) in [5, 5.41) is 12.0. The van der Waals surface area contributed by atoms with Crippen LogP contribution in [0.3, 0.4) is 0 Å². The van der Waals surface area contributed by atoms with E-state index in [-0.39, 0.29) is 35.2 Å². The molecule has 3 heterocycles. The lowest BCUT2D eigenvalue weighted by molar-refractivity contribution is -0.00545. The zero-order valence-corrected chi connectivity index (χ0v) is 25.8. The van der Waals surface area contributed by atoms with Gasteiger partial charge in [-0.3, -0.25) is 14.8 Å². The lowest BCUT2D eigenvalue weighted by Crippen LogP contribution is -2.42. The van der Waals surface area contributed by atoms with Crippen LogP contribution in [-0.2, 0) is 16.5 Å². The second kappa shape index (κ2) is 11.8. The van der Waals surface area contributed by atoms with Crippen LogP contribution in [0.25, 0.3) is 0 Å². The van der Waals surface area contributed by atoms with Crippen LogP contribution in [0.2, 0.25) is 0 Å². The van der Waals surface area contributed by atoms with Gasteiger partial charge in [-0.2, -0.15) is 5.10 Å². The number of hydrogen-bond donors (Lipinski definition) is 3. The number of hydrogen-bond acceptors (Lipinski definition) is 9. The molecule has 0 aliphatic carbocycles. The molecule has 3 amide bonds. The first-order chi connectivity index (χ1) is 18.3. The van der Waals surface area contributed by atoms with Crippen LogP contribution in [0.15, 0.2) is 10.1 Å². The highest BCUT2D eigenvalue weighted by molar-refractivity contribution is 9.11. The number of aryl methyl sites for hydroxylation is 1. The molecule has 0 spiro atoms. The number of alkyl carbamates (subject to hydrolysis) is 1.